The van der Waals surface area contributed by atoms with Gasteiger partial charge in [-0.05, 0) is 66.2 Å². The number of anilines is 1. The number of hydrogen-bond donors (Lipinski definition) is 2. The number of urea groups is 1. The number of carbonyl (C=O) groups excluding carboxylic acids is 1. The van der Waals surface area contributed by atoms with Crippen LogP contribution in [0.1, 0.15) is 11.1 Å². The van der Waals surface area contributed by atoms with Crippen LogP contribution < -0.4 is 20.2 Å². The summed E-state index contributed by atoms with van der Waals surface area (Å²) in [7, 11) is 1.59. The summed E-state index contributed by atoms with van der Waals surface area (Å²) in [4.78, 5) is 11.9. The van der Waals surface area contributed by atoms with Gasteiger partial charge in [-0.2, -0.15) is 5.10 Å². The van der Waals surface area contributed by atoms with E-state index in [1.165, 1.54) is 0 Å². The Balaban J connectivity index is 1.47. The number of halogens is 2. The Morgan fingerprint density at radius 2 is 1.70 bits per heavy atom. The molecular formula is C22H19Br2N3O3. The van der Waals surface area contributed by atoms with E-state index < -0.39 is 6.03 Å². The van der Waals surface area contributed by atoms with Crippen molar-refractivity contribution in [1.29, 1.82) is 0 Å². The van der Waals surface area contributed by atoms with E-state index in [4.69, 9.17) is 9.47 Å². The summed E-state index contributed by atoms with van der Waals surface area (Å²) < 4.78 is 12.9. The molecule has 30 heavy (non-hydrogen) atoms. The quantitative estimate of drug-likeness (QED) is 0.291. The minimum atomic E-state index is -0.434. The van der Waals surface area contributed by atoms with Crippen molar-refractivity contribution in [2.75, 3.05) is 12.4 Å². The lowest BCUT2D eigenvalue weighted by Gasteiger charge is -2.08. The second-order valence-electron chi connectivity index (χ2n) is 6.15. The van der Waals surface area contributed by atoms with Crippen LogP contribution in [0.4, 0.5) is 10.5 Å². The Bertz CT molecular complexity index is 1020. The number of hydrazone groups is 1. The van der Waals surface area contributed by atoms with Crippen LogP contribution in [0.15, 0.2) is 80.8 Å². The van der Waals surface area contributed by atoms with Crippen LogP contribution in [0.3, 0.4) is 0 Å². The molecule has 0 aliphatic rings. The Morgan fingerprint density at radius 3 is 2.37 bits per heavy atom. The minimum Gasteiger partial charge on any atom is -0.497 e. The van der Waals surface area contributed by atoms with Gasteiger partial charge in [0.15, 0.2) is 0 Å². The van der Waals surface area contributed by atoms with Crippen molar-refractivity contribution in [2.24, 2.45) is 5.10 Å². The van der Waals surface area contributed by atoms with Crippen molar-refractivity contribution in [3.05, 3.63) is 86.8 Å². The molecule has 0 fully saturated rings. The summed E-state index contributed by atoms with van der Waals surface area (Å²) in [6.45, 7) is 0.453. The molecule has 0 saturated heterocycles. The van der Waals surface area contributed by atoms with Gasteiger partial charge in [0.2, 0.25) is 0 Å². The van der Waals surface area contributed by atoms with Crippen molar-refractivity contribution in [3.8, 4) is 11.5 Å². The van der Waals surface area contributed by atoms with Gasteiger partial charge in [-0.1, -0.05) is 37.9 Å². The van der Waals surface area contributed by atoms with Gasteiger partial charge in [-0.25, -0.2) is 10.2 Å². The number of nitrogens with zero attached hydrogens (tertiary/aromatic N) is 1. The van der Waals surface area contributed by atoms with Crippen molar-refractivity contribution in [2.45, 2.75) is 6.61 Å². The van der Waals surface area contributed by atoms with E-state index in [1.54, 1.807) is 37.6 Å². The highest BCUT2D eigenvalue weighted by Gasteiger charge is 2.03. The number of carbonyl (C=O) groups is 1. The smallest absolute Gasteiger partial charge is 0.339 e. The number of rotatable bonds is 7. The van der Waals surface area contributed by atoms with Gasteiger partial charge >= 0.3 is 6.03 Å². The molecule has 2 N–H and O–H groups in total. The fourth-order valence-corrected chi connectivity index (χ4v) is 3.61. The van der Waals surface area contributed by atoms with Crippen molar-refractivity contribution in [3.63, 3.8) is 0 Å². The fraction of sp³-hybridized carbons (Fsp3) is 0.0909. The molecule has 6 nitrogen and oxygen atoms in total. The van der Waals surface area contributed by atoms with Gasteiger partial charge in [0, 0.05) is 20.2 Å². The Labute approximate surface area is 191 Å². The third-order valence-electron chi connectivity index (χ3n) is 4.02. The van der Waals surface area contributed by atoms with Crippen LogP contribution in [-0.4, -0.2) is 19.4 Å². The summed E-state index contributed by atoms with van der Waals surface area (Å²) in [5, 5.41) is 6.63. The molecule has 0 saturated carbocycles. The molecule has 3 rings (SSSR count). The van der Waals surface area contributed by atoms with Gasteiger partial charge in [0.25, 0.3) is 0 Å². The standard InChI is InChI=1S/C22H19Br2N3O3/c1-29-19-10-6-18(7-11-19)26-22(28)27-25-13-15-2-8-20(9-3-15)30-14-16-4-5-17(23)12-21(16)24/h2-13H,14H2,1H3,(H2,26,27,28)/b25-13+. The molecule has 0 aliphatic carbocycles. The zero-order chi connectivity index (χ0) is 21.3. The lowest BCUT2D eigenvalue weighted by molar-refractivity contribution is 0.252. The molecule has 0 heterocycles. The molecule has 3 aromatic carbocycles. The first-order valence-electron chi connectivity index (χ1n) is 8.94. The minimum absolute atomic E-state index is 0.434. The average molecular weight is 533 g/mol. The highest BCUT2D eigenvalue weighted by atomic mass is 79.9. The van der Waals surface area contributed by atoms with E-state index in [0.717, 1.165) is 31.6 Å². The Kier molecular flexibility index (Phi) is 7.87. The number of ether oxygens (including phenoxy) is 2. The predicted octanol–water partition coefficient (Wildman–Crippen LogP) is 5.95. The second-order valence-corrected chi connectivity index (χ2v) is 7.92. The van der Waals surface area contributed by atoms with E-state index in [1.807, 2.05) is 42.5 Å². The molecular weight excluding hydrogens is 514 g/mol. The number of hydrogen-bond acceptors (Lipinski definition) is 4. The highest BCUT2D eigenvalue weighted by molar-refractivity contribution is 9.11. The maximum Gasteiger partial charge on any atom is 0.339 e. The molecule has 3 aromatic rings. The van der Waals surface area contributed by atoms with Gasteiger partial charge in [0.05, 0.1) is 13.3 Å². The lowest BCUT2D eigenvalue weighted by atomic mass is 10.2. The van der Waals surface area contributed by atoms with Gasteiger partial charge in [-0.15, -0.1) is 0 Å². The molecule has 0 aliphatic heterocycles. The first-order valence-corrected chi connectivity index (χ1v) is 10.5. The van der Waals surface area contributed by atoms with Crippen LogP contribution in [0.5, 0.6) is 11.5 Å². The summed E-state index contributed by atoms with van der Waals surface area (Å²) in [6, 6.07) is 20.0. The molecule has 0 atom stereocenters. The fourth-order valence-electron chi connectivity index (χ4n) is 2.45. The third kappa shape index (κ3) is 6.60. The highest BCUT2D eigenvalue weighted by Crippen LogP contribution is 2.23. The van der Waals surface area contributed by atoms with Gasteiger partial charge in [0.1, 0.15) is 18.1 Å². The van der Waals surface area contributed by atoms with E-state index in [2.05, 4.69) is 47.7 Å². The lowest BCUT2D eigenvalue weighted by Crippen LogP contribution is -2.24. The molecule has 0 aromatic heterocycles. The van der Waals surface area contributed by atoms with E-state index in [9.17, 15) is 4.79 Å². The zero-order valence-corrected chi connectivity index (χ0v) is 19.2. The average Bonchev–Trinajstić information content (AvgIpc) is 2.74. The SMILES string of the molecule is COc1ccc(NC(=O)N/N=C/c2ccc(OCc3ccc(Br)cc3Br)cc2)cc1. The first-order chi connectivity index (χ1) is 14.5. The van der Waals surface area contributed by atoms with Crippen LogP contribution in [0, 0.1) is 0 Å². The van der Waals surface area contributed by atoms with E-state index in [-0.39, 0.29) is 0 Å². The molecule has 154 valence electrons. The maximum atomic E-state index is 11.9. The van der Waals surface area contributed by atoms with Crippen LogP contribution in [0.2, 0.25) is 0 Å². The first kappa shape index (κ1) is 21.9. The number of methoxy groups -OCH3 is 1. The van der Waals surface area contributed by atoms with E-state index in [0.29, 0.717) is 12.3 Å². The van der Waals surface area contributed by atoms with Crippen LogP contribution in [-0.2, 0) is 6.61 Å². The monoisotopic (exact) mass is 531 g/mol. The molecule has 0 bridgehead atoms. The Morgan fingerprint density at radius 1 is 1.00 bits per heavy atom. The Hall–Kier alpha value is -2.84. The van der Waals surface area contributed by atoms with Crippen LogP contribution >= 0.6 is 31.9 Å². The predicted molar refractivity (Wildman–Crippen MR) is 125 cm³/mol. The molecule has 8 heteroatoms. The molecule has 0 spiro atoms. The molecule has 2 amide bonds. The van der Waals surface area contributed by atoms with Crippen molar-refractivity contribution >= 4 is 49.8 Å². The molecule has 0 radical (unpaired) electrons. The topological polar surface area (TPSA) is 72.0 Å². The zero-order valence-electron chi connectivity index (χ0n) is 16.1. The van der Waals surface area contributed by atoms with Gasteiger partial charge in [-0.3, -0.25) is 0 Å². The third-order valence-corrected chi connectivity index (χ3v) is 5.25. The number of benzene rings is 3. The molecule has 0 unspecified atom stereocenters. The maximum absolute atomic E-state index is 11.9. The number of nitrogens with one attached hydrogen (secondary N) is 2. The van der Waals surface area contributed by atoms with Crippen molar-refractivity contribution < 1.29 is 14.3 Å². The van der Waals surface area contributed by atoms with Gasteiger partial charge < -0.3 is 14.8 Å². The normalized spacial score (nSPS) is 10.6. The summed E-state index contributed by atoms with van der Waals surface area (Å²) in [5.74, 6) is 1.46. The van der Waals surface area contributed by atoms with Crippen molar-refractivity contribution in [1.82, 2.24) is 5.43 Å². The van der Waals surface area contributed by atoms with E-state index >= 15 is 0 Å². The summed E-state index contributed by atoms with van der Waals surface area (Å²) >= 11 is 6.96. The van der Waals surface area contributed by atoms with Crippen LogP contribution in [0.25, 0.3) is 0 Å². The number of amides is 2. The second kappa shape index (κ2) is 10.8. The largest absolute Gasteiger partial charge is 0.497 e. The summed E-state index contributed by atoms with van der Waals surface area (Å²) in [5.41, 5.74) is 4.95. The summed E-state index contributed by atoms with van der Waals surface area (Å²) in [6.07, 6.45) is 1.56.